The molecule has 1 unspecified atom stereocenters. The highest BCUT2D eigenvalue weighted by Crippen LogP contribution is 2.20. The topological polar surface area (TPSA) is 54.5 Å². The Kier molecular flexibility index (Phi) is 7.31. The number of rotatable bonds is 7. The quantitative estimate of drug-likeness (QED) is 0.789. The summed E-state index contributed by atoms with van der Waals surface area (Å²) in [6.07, 6.45) is 4.82. The van der Waals surface area contributed by atoms with E-state index in [0.29, 0.717) is 6.54 Å². The summed E-state index contributed by atoms with van der Waals surface area (Å²) < 4.78 is 28.9. The van der Waals surface area contributed by atoms with E-state index in [1.165, 1.54) is 12.1 Å². The third kappa shape index (κ3) is 5.99. The molecule has 1 saturated heterocycles. The van der Waals surface area contributed by atoms with Gasteiger partial charge < -0.3 is 15.0 Å². The highest BCUT2D eigenvalue weighted by molar-refractivity contribution is 5.79. The second-order valence-electron chi connectivity index (χ2n) is 6.88. The second-order valence-corrected chi connectivity index (χ2v) is 6.88. The van der Waals surface area contributed by atoms with Crippen LogP contribution >= 0.6 is 0 Å². The van der Waals surface area contributed by atoms with Gasteiger partial charge >= 0.3 is 6.61 Å². The van der Waals surface area contributed by atoms with Crippen LogP contribution in [0, 0.1) is 0 Å². The summed E-state index contributed by atoms with van der Waals surface area (Å²) in [6.45, 7) is -0.536. The Labute approximate surface area is 163 Å². The van der Waals surface area contributed by atoms with Gasteiger partial charge in [-0.1, -0.05) is 18.2 Å². The average Bonchev–Trinajstić information content (AvgIpc) is 2.97. The summed E-state index contributed by atoms with van der Waals surface area (Å²) in [7, 11) is 0. The summed E-state index contributed by atoms with van der Waals surface area (Å²) >= 11 is 0. The van der Waals surface area contributed by atoms with Crippen LogP contribution in [0.3, 0.4) is 0 Å². The number of halogens is 2. The monoisotopic (exact) mass is 389 g/mol. The van der Waals surface area contributed by atoms with Crippen LogP contribution in [0.15, 0.2) is 48.7 Å². The summed E-state index contributed by atoms with van der Waals surface area (Å²) in [5.74, 6) is 0.103. The minimum absolute atomic E-state index is 0.0140. The predicted molar refractivity (Wildman–Crippen MR) is 102 cm³/mol. The second kappa shape index (κ2) is 10.1. The van der Waals surface area contributed by atoms with Crippen LogP contribution in [0.1, 0.15) is 30.5 Å². The lowest BCUT2D eigenvalue weighted by Crippen LogP contribution is -2.41. The van der Waals surface area contributed by atoms with Crippen LogP contribution in [0.5, 0.6) is 5.75 Å². The smallest absolute Gasteiger partial charge is 0.387 e. The number of amides is 1. The molecule has 1 amide bonds. The lowest BCUT2D eigenvalue weighted by molar-refractivity contribution is -0.133. The Balaban J connectivity index is 1.71. The van der Waals surface area contributed by atoms with Crippen molar-refractivity contribution in [3.05, 3.63) is 59.9 Å². The summed E-state index contributed by atoms with van der Waals surface area (Å²) in [5.41, 5.74) is 1.62. The normalized spacial score (nSPS) is 17.2. The van der Waals surface area contributed by atoms with Crippen LogP contribution in [0.4, 0.5) is 8.78 Å². The number of hydrogen-bond donors (Lipinski definition) is 1. The number of nitrogens with one attached hydrogen (secondary N) is 1. The Morgan fingerprint density at radius 2 is 2.00 bits per heavy atom. The molecule has 1 aromatic heterocycles. The number of pyridine rings is 1. The van der Waals surface area contributed by atoms with E-state index in [1.807, 2.05) is 23.1 Å². The molecule has 1 N–H and O–H groups in total. The van der Waals surface area contributed by atoms with Crippen molar-refractivity contribution in [1.82, 2.24) is 15.2 Å². The maximum atomic E-state index is 13.1. The molecule has 1 aliphatic rings. The molecule has 1 fully saturated rings. The van der Waals surface area contributed by atoms with E-state index in [0.717, 1.165) is 43.6 Å². The molecule has 0 spiro atoms. The van der Waals surface area contributed by atoms with Gasteiger partial charge in [0.2, 0.25) is 5.91 Å². The fourth-order valence-corrected chi connectivity index (χ4v) is 3.46. The first-order valence-electron chi connectivity index (χ1n) is 9.55. The Hall–Kier alpha value is -2.54. The Morgan fingerprint density at radius 3 is 2.71 bits per heavy atom. The molecule has 1 aliphatic heterocycles. The van der Waals surface area contributed by atoms with Crippen LogP contribution in [0.25, 0.3) is 0 Å². The molecule has 0 aliphatic carbocycles. The standard InChI is InChI=1S/C21H25F2N3O2/c22-21(23)28-19-8-6-16(7-9-19)14-20(27)26(15-17-4-1-2-12-25-17)18-5-3-11-24-13-10-18/h1-2,4,6-9,12,18,21,24H,3,5,10-11,13-15H2. The summed E-state index contributed by atoms with van der Waals surface area (Å²) in [5, 5.41) is 3.38. The number of aromatic nitrogens is 1. The summed E-state index contributed by atoms with van der Waals surface area (Å²) in [6, 6.07) is 12.1. The zero-order valence-corrected chi connectivity index (χ0v) is 15.7. The molecule has 150 valence electrons. The molecule has 1 aromatic carbocycles. The maximum Gasteiger partial charge on any atom is 0.387 e. The fraction of sp³-hybridized carbons (Fsp3) is 0.429. The number of alkyl halides is 2. The molecule has 2 heterocycles. The van der Waals surface area contributed by atoms with Crippen LogP contribution in [-0.2, 0) is 17.8 Å². The SMILES string of the molecule is O=C(Cc1ccc(OC(F)F)cc1)N(Cc1ccccn1)C1CCCNCC1. The molecule has 1 atom stereocenters. The minimum Gasteiger partial charge on any atom is -0.435 e. The van der Waals surface area contributed by atoms with Crippen LogP contribution in [-0.4, -0.2) is 41.5 Å². The highest BCUT2D eigenvalue weighted by atomic mass is 19.3. The van der Waals surface area contributed by atoms with Gasteiger partial charge in [0.15, 0.2) is 0 Å². The molecule has 5 nitrogen and oxygen atoms in total. The molecule has 2 aromatic rings. The zero-order valence-electron chi connectivity index (χ0n) is 15.7. The first-order valence-corrected chi connectivity index (χ1v) is 9.55. The van der Waals surface area contributed by atoms with E-state index < -0.39 is 6.61 Å². The predicted octanol–water partition coefficient (Wildman–Crippen LogP) is 3.40. The van der Waals surface area contributed by atoms with Crippen molar-refractivity contribution in [1.29, 1.82) is 0 Å². The number of carbonyl (C=O) groups excluding carboxylic acids is 1. The van der Waals surface area contributed by atoms with Gasteiger partial charge in [0.25, 0.3) is 0 Å². The van der Waals surface area contributed by atoms with Crippen LogP contribution < -0.4 is 10.1 Å². The van der Waals surface area contributed by atoms with E-state index >= 15 is 0 Å². The van der Waals surface area contributed by atoms with Crippen molar-refractivity contribution in [3.63, 3.8) is 0 Å². The third-order valence-corrected chi connectivity index (χ3v) is 4.87. The first kappa shape index (κ1) is 20.2. The lowest BCUT2D eigenvalue weighted by atomic mass is 10.0. The molecular formula is C21H25F2N3O2. The number of benzene rings is 1. The number of nitrogens with zero attached hydrogens (tertiary/aromatic N) is 2. The molecule has 0 saturated carbocycles. The minimum atomic E-state index is -2.86. The molecule has 7 heteroatoms. The van der Waals surface area contributed by atoms with Crippen molar-refractivity contribution in [2.24, 2.45) is 0 Å². The Bertz CT molecular complexity index is 733. The van der Waals surface area contributed by atoms with E-state index in [4.69, 9.17) is 0 Å². The maximum absolute atomic E-state index is 13.1. The highest BCUT2D eigenvalue weighted by Gasteiger charge is 2.25. The van der Waals surface area contributed by atoms with Gasteiger partial charge in [-0.25, -0.2) is 0 Å². The summed E-state index contributed by atoms with van der Waals surface area (Å²) in [4.78, 5) is 19.4. The van der Waals surface area contributed by atoms with E-state index in [1.54, 1.807) is 18.3 Å². The van der Waals surface area contributed by atoms with Crippen molar-refractivity contribution in [3.8, 4) is 5.75 Å². The average molecular weight is 389 g/mol. The van der Waals surface area contributed by atoms with Crippen molar-refractivity contribution in [2.45, 2.75) is 44.9 Å². The van der Waals surface area contributed by atoms with Gasteiger partial charge in [-0.05, 0) is 62.2 Å². The van der Waals surface area contributed by atoms with E-state index in [-0.39, 0.29) is 24.1 Å². The third-order valence-electron chi connectivity index (χ3n) is 4.87. The van der Waals surface area contributed by atoms with Crippen molar-refractivity contribution in [2.75, 3.05) is 13.1 Å². The number of hydrogen-bond acceptors (Lipinski definition) is 4. The van der Waals surface area contributed by atoms with E-state index in [2.05, 4.69) is 15.0 Å². The molecule has 0 bridgehead atoms. The molecular weight excluding hydrogens is 364 g/mol. The van der Waals surface area contributed by atoms with Gasteiger partial charge in [0, 0.05) is 12.2 Å². The number of carbonyl (C=O) groups is 1. The lowest BCUT2D eigenvalue weighted by Gasteiger charge is -2.31. The first-order chi connectivity index (χ1) is 13.6. The van der Waals surface area contributed by atoms with Gasteiger partial charge in [-0.3, -0.25) is 9.78 Å². The van der Waals surface area contributed by atoms with E-state index in [9.17, 15) is 13.6 Å². The molecule has 3 rings (SSSR count). The number of ether oxygens (including phenoxy) is 1. The van der Waals surface area contributed by atoms with Crippen LogP contribution in [0.2, 0.25) is 0 Å². The van der Waals surface area contributed by atoms with Gasteiger partial charge in [-0.2, -0.15) is 8.78 Å². The Morgan fingerprint density at radius 1 is 1.18 bits per heavy atom. The largest absolute Gasteiger partial charge is 0.435 e. The zero-order chi connectivity index (χ0) is 19.8. The van der Waals surface area contributed by atoms with Gasteiger partial charge in [0.05, 0.1) is 18.7 Å². The van der Waals surface area contributed by atoms with Gasteiger partial charge in [-0.15, -0.1) is 0 Å². The van der Waals surface area contributed by atoms with Crippen molar-refractivity contribution >= 4 is 5.91 Å². The van der Waals surface area contributed by atoms with Gasteiger partial charge in [0.1, 0.15) is 5.75 Å². The van der Waals surface area contributed by atoms with Crippen molar-refractivity contribution < 1.29 is 18.3 Å². The molecule has 0 radical (unpaired) electrons. The molecule has 28 heavy (non-hydrogen) atoms. The fourth-order valence-electron chi connectivity index (χ4n) is 3.46.